The molecule has 2 fully saturated rings. The highest BCUT2D eigenvalue weighted by Crippen LogP contribution is 2.41. The molecule has 1 N–H and O–H groups in total. The van der Waals surface area contributed by atoms with Crippen molar-refractivity contribution in [2.75, 3.05) is 7.05 Å². The molecule has 2 heterocycles. The van der Waals surface area contributed by atoms with Crippen molar-refractivity contribution in [3.05, 3.63) is 0 Å². The Morgan fingerprint density at radius 1 is 1.35 bits per heavy atom. The third-order valence-electron chi connectivity index (χ3n) is 3.98. The van der Waals surface area contributed by atoms with Crippen LogP contribution in [0.3, 0.4) is 0 Å². The maximum absolute atomic E-state index is 11.9. The van der Waals surface area contributed by atoms with Gasteiger partial charge in [0, 0.05) is 6.04 Å². The molecule has 2 rings (SSSR count). The van der Waals surface area contributed by atoms with E-state index in [0.29, 0.717) is 6.04 Å². The molecule has 0 aromatic heterocycles. The molecule has 0 aromatic carbocycles. The van der Waals surface area contributed by atoms with Gasteiger partial charge in [-0.05, 0) is 59.9 Å². The highest BCUT2D eigenvalue weighted by Gasteiger charge is 2.48. The van der Waals surface area contributed by atoms with Gasteiger partial charge in [0.2, 0.25) is 0 Å². The van der Waals surface area contributed by atoms with Gasteiger partial charge in [0.25, 0.3) is 0 Å². The third kappa shape index (κ3) is 2.57. The number of amides is 1. The SMILES string of the molecule is CN1[C@@H]2CCC[C@@]1(NC(=O)OC(C)(C)C)CC2. The number of nitrogens with zero attached hydrogens (tertiary/aromatic N) is 1. The summed E-state index contributed by atoms with van der Waals surface area (Å²) in [6.45, 7) is 5.69. The first-order valence-corrected chi connectivity index (χ1v) is 6.56. The molecule has 2 aliphatic heterocycles. The van der Waals surface area contributed by atoms with Crippen molar-refractivity contribution in [3.63, 3.8) is 0 Å². The lowest BCUT2D eigenvalue weighted by Crippen LogP contribution is -2.59. The number of alkyl carbamates (subject to hydrolysis) is 1. The summed E-state index contributed by atoms with van der Waals surface area (Å²) in [5.74, 6) is 0. The van der Waals surface area contributed by atoms with E-state index in [1.54, 1.807) is 0 Å². The zero-order chi connectivity index (χ0) is 12.7. The molecule has 2 saturated heterocycles. The third-order valence-corrected chi connectivity index (χ3v) is 3.98. The molecule has 0 radical (unpaired) electrons. The van der Waals surface area contributed by atoms with Crippen molar-refractivity contribution in [2.45, 2.75) is 70.2 Å². The van der Waals surface area contributed by atoms with Gasteiger partial charge in [-0.1, -0.05) is 0 Å². The molecule has 0 unspecified atom stereocenters. The van der Waals surface area contributed by atoms with Crippen molar-refractivity contribution in [1.82, 2.24) is 10.2 Å². The fourth-order valence-electron chi connectivity index (χ4n) is 3.10. The lowest BCUT2D eigenvalue weighted by molar-refractivity contribution is 0.0138. The summed E-state index contributed by atoms with van der Waals surface area (Å²) in [7, 11) is 2.12. The molecular formula is C13H24N2O2. The van der Waals surface area contributed by atoms with E-state index in [4.69, 9.17) is 4.74 Å². The molecule has 0 saturated carbocycles. The Morgan fingerprint density at radius 2 is 2.06 bits per heavy atom. The summed E-state index contributed by atoms with van der Waals surface area (Å²) < 4.78 is 5.36. The van der Waals surface area contributed by atoms with Crippen LogP contribution in [0.5, 0.6) is 0 Å². The number of carbonyl (C=O) groups excluding carboxylic acids is 1. The van der Waals surface area contributed by atoms with Crippen LogP contribution in [-0.4, -0.2) is 35.3 Å². The van der Waals surface area contributed by atoms with Crippen LogP contribution in [0.15, 0.2) is 0 Å². The van der Waals surface area contributed by atoms with Crippen molar-refractivity contribution in [3.8, 4) is 0 Å². The van der Waals surface area contributed by atoms with E-state index in [0.717, 1.165) is 12.8 Å². The number of carbonyl (C=O) groups is 1. The van der Waals surface area contributed by atoms with Gasteiger partial charge < -0.3 is 10.1 Å². The number of nitrogens with one attached hydrogen (secondary N) is 1. The quantitative estimate of drug-likeness (QED) is 0.765. The molecule has 2 atom stereocenters. The highest BCUT2D eigenvalue weighted by atomic mass is 16.6. The van der Waals surface area contributed by atoms with E-state index >= 15 is 0 Å². The summed E-state index contributed by atoms with van der Waals surface area (Å²) in [5, 5.41) is 3.09. The minimum absolute atomic E-state index is 0.148. The van der Waals surface area contributed by atoms with Crippen molar-refractivity contribution >= 4 is 6.09 Å². The first-order chi connectivity index (χ1) is 7.82. The smallest absolute Gasteiger partial charge is 0.409 e. The summed E-state index contributed by atoms with van der Waals surface area (Å²) >= 11 is 0. The van der Waals surface area contributed by atoms with Gasteiger partial charge in [-0.15, -0.1) is 0 Å². The molecule has 1 amide bonds. The average molecular weight is 240 g/mol. The van der Waals surface area contributed by atoms with Crippen LogP contribution in [0.4, 0.5) is 4.79 Å². The van der Waals surface area contributed by atoms with E-state index in [9.17, 15) is 4.79 Å². The van der Waals surface area contributed by atoms with Gasteiger partial charge in [0.05, 0.1) is 5.66 Å². The van der Waals surface area contributed by atoms with E-state index < -0.39 is 5.60 Å². The molecule has 0 aromatic rings. The van der Waals surface area contributed by atoms with Crippen LogP contribution in [0.1, 0.15) is 52.9 Å². The predicted octanol–water partition coefficient (Wildman–Crippen LogP) is 2.49. The fourth-order valence-corrected chi connectivity index (χ4v) is 3.10. The Labute approximate surface area is 104 Å². The number of piperidine rings is 1. The van der Waals surface area contributed by atoms with E-state index in [-0.39, 0.29) is 11.8 Å². The molecule has 4 nitrogen and oxygen atoms in total. The molecule has 17 heavy (non-hydrogen) atoms. The minimum atomic E-state index is -0.425. The Kier molecular flexibility index (Phi) is 3.10. The fraction of sp³-hybridized carbons (Fsp3) is 0.923. The summed E-state index contributed by atoms with van der Waals surface area (Å²) in [6.07, 6.45) is 5.45. The van der Waals surface area contributed by atoms with E-state index in [1.807, 2.05) is 20.8 Å². The van der Waals surface area contributed by atoms with Gasteiger partial charge in [-0.3, -0.25) is 4.90 Å². The molecule has 98 valence electrons. The Balaban J connectivity index is 2.00. The van der Waals surface area contributed by atoms with Crippen molar-refractivity contribution in [2.24, 2.45) is 0 Å². The van der Waals surface area contributed by atoms with Crippen LogP contribution in [-0.2, 0) is 4.74 Å². The second kappa shape index (κ2) is 4.16. The van der Waals surface area contributed by atoms with Gasteiger partial charge in [-0.2, -0.15) is 0 Å². The Hall–Kier alpha value is -0.770. The Morgan fingerprint density at radius 3 is 2.71 bits per heavy atom. The predicted molar refractivity (Wildman–Crippen MR) is 66.7 cm³/mol. The van der Waals surface area contributed by atoms with E-state index in [2.05, 4.69) is 17.3 Å². The zero-order valence-electron chi connectivity index (χ0n) is 11.4. The maximum atomic E-state index is 11.9. The van der Waals surface area contributed by atoms with Crippen molar-refractivity contribution in [1.29, 1.82) is 0 Å². The van der Waals surface area contributed by atoms with Gasteiger partial charge in [0.1, 0.15) is 5.60 Å². The largest absolute Gasteiger partial charge is 0.444 e. The molecular weight excluding hydrogens is 216 g/mol. The number of fused-ring (bicyclic) bond motifs is 2. The topological polar surface area (TPSA) is 41.6 Å². The van der Waals surface area contributed by atoms with E-state index in [1.165, 1.54) is 19.3 Å². The normalized spacial score (nSPS) is 33.5. The second-order valence-electron chi connectivity index (χ2n) is 6.35. The van der Waals surface area contributed by atoms with Crippen molar-refractivity contribution < 1.29 is 9.53 Å². The summed E-state index contributed by atoms with van der Waals surface area (Å²) in [5.41, 5.74) is -0.572. The zero-order valence-corrected chi connectivity index (χ0v) is 11.4. The summed E-state index contributed by atoms with van der Waals surface area (Å²) in [6, 6.07) is 0.638. The van der Waals surface area contributed by atoms with Gasteiger partial charge in [-0.25, -0.2) is 4.79 Å². The van der Waals surface area contributed by atoms with Crippen LogP contribution >= 0.6 is 0 Å². The number of rotatable bonds is 1. The minimum Gasteiger partial charge on any atom is -0.444 e. The highest BCUT2D eigenvalue weighted by molar-refractivity contribution is 5.68. The van der Waals surface area contributed by atoms with Crippen LogP contribution < -0.4 is 5.32 Å². The maximum Gasteiger partial charge on any atom is 0.409 e. The molecule has 2 aliphatic rings. The standard InChI is InChI=1S/C13H24N2O2/c1-12(2,3)17-11(16)14-13-8-5-6-10(7-9-13)15(13)4/h10H,5-9H2,1-4H3,(H,14,16)/t10-,13+/m1/s1. The van der Waals surface area contributed by atoms with Crippen LogP contribution in [0.25, 0.3) is 0 Å². The van der Waals surface area contributed by atoms with Crippen LogP contribution in [0.2, 0.25) is 0 Å². The number of hydrogen-bond acceptors (Lipinski definition) is 3. The first kappa shape index (κ1) is 12.7. The molecule has 0 aliphatic carbocycles. The molecule has 2 bridgehead atoms. The Bertz CT molecular complexity index is 307. The number of ether oxygens (including phenoxy) is 1. The lowest BCUT2D eigenvalue weighted by Gasteiger charge is -2.43. The first-order valence-electron chi connectivity index (χ1n) is 6.56. The molecule has 0 spiro atoms. The summed E-state index contributed by atoms with van der Waals surface area (Å²) in [4.78, 5) is 14.2. The monoisotopic (exact) mass is 240 g/mol. The van der Waals surface area contributed by atoms with Gasteiger partial charge >= 0.3 is 6.09 Å². The lowest BCUT2D eigenvalue weighted by atomic mass is 9.98. The molecule has 4 heteroatoms. The van der Waals surface area contributed by atoms with Crippen LogP contribution in [0, 0.1) is 0 Å². The average Bonchev–Trinajstić information content (AvgIpc) is 2.38. The van der Waals surface area contributed by atoms with Gasteiger partial charge in [0.15, 0.2) is 0 Å². The number of hydrogen-bond donors (Lipinski definition) is 1. The second-order valence-corrected chi connectivity index (χ2v) is 6.35.